The number of pyridine rings is 1. The van der Waals surface area contributed by atoms with Crippen molar-refractivity contribution in [3.05, 3.63) is 108 Å². The molecule has 0 amide bonds. The molecule has 0 saturated heterocycles. The Morgan fingerprint density at radius 1 is 1.02 bits per heavy atom. The molecule has 1 atom stereocenters. The minimum atomic E-state index is -0.529. The third kappa shape index (κ3) is 7.63. The molecule has 0 radical (unpaired) electrons. The number of benzene rings is 3. The van der Waals surface area contributed by atoms with Gasteiger partial charge in [0.15, 0.2) is 5.82 Å². The molecule has 4 aromatic rings. The maximum atomic E-state index is 14.3. The third-order valence-electron chi connectivity index (χ3n) is 6.86. The van der Waals surface area contributed by atoms with Gasteiger partial charge in [0.2, 0.25) is 0 Å². The van der Waals surface area contributed by atoms with Gasteiger partial charge in [-0.15, -0.1) is 0 Å². The van der Waals surface area contributed by atoms with Crippen LogP contribution in [0.3, 0.4) is 0 Å². The average molecular weight is 754 g/mol. The van der Waals surface area contributed by atoms with E-state index >= 15 is 0 Å². The quantitative estimate of drug-likeness (QED) is 0.0663. The van der Waals surface area contributed by atoms with Gasteiger partial charge in [0, 0.05) is 34.5 Å². The number of nitrogens with two attached hydrogens (primary N) is 1. The fourth-order valence-corrected chi connectivity index (χ4v) is 6.23. The topological polar surface area (TPSA) is 72.6 Å². The molecule has 6 nitrogen and oxygen atoms in total. The second kappa shape index (κ2) is 14.5. The van der Waals surface area contributed by atoms with Crippen LogP contribution >= 0.6 is 50.1 Å². The first-order chi connectivity index (χ1) is 19.7. The number of halogens is 4. The number of rotatable bonds is 12. The molecule has 0 spiro atoms. The van der Waals surface area contributed by atoms with E-state index in [1.165, 1.54) is 0 Å². The molecule has 10 heteroatoms. The van der Waals surface area contributed by atoms with Gasteiger partial charge >= 0.3 is 0 Å². The molecule has 0 saturated carbocycles. The summed E-state index contributed by atoms with van der Waals surface area (Å²) in [6.07, 6.45) is 2.41. The number of aromatic nitrogens is 1. The summed E-state index contributed by atoms with van der Waals surface area (Å²) in [7, 11) is 3.33. The SMILES string of the molecule is COc1ccc(CN(Cc2ccc(OC)cc2)c2ncccc2C(C)NCCc2c(Cl)c(Br)c(F)c(N)c2I)cc1. The van der Waals surface area contributed by atoms with Crippen LogP contribution in [-0.4, -0.2) is 25.7 Å². The Balaban J connectivity index is 1.57. The summed E-state index contributed by atoms with van der Waals surface area (Å²) in [5.74, 6) is 1.99. The number of nitrogen functional groups attached to an aromatic ring is 1. The van der Waals surface area contributed by atoms with Crippen molar-refractivity contribution >= 4 is 61.6 Å². The standard InChI is InChI=1S/C31H32BrClFIN4O2/c1-19(37-16-14-25-27(33)26(32)28(34)30(36)29(25)35)24-5-4-15-38-31(24)39(17-20-6-10-22(40-2)11-7-20)18-21-8-12-23(41-3)13-9-21/h4-13,15,19,37H,14,16-18,36H2,1-3H3. The van der Waals surface area contributed by atoms with Crippen molar-refractivity contribution in [2.75, 3.05) is 31.4 Å². The number of nitrogens with one attached hydrogen (secondary N) is 1. The maximum absolute atomic E-state index is 14.3. The summed E-state index contributed by atoms with van der Waals surface area (Å²) < 4.78 is 25.8. The van der Waals surface area contributed by atoms with Crippen molar-refractivity contribution in [3.8, 4) is 11.5 Å². The van der Waals surface area contributed by atoms with Crippen LogP contribution in [0, 0.1) is 9.39 Å². The lowest BCUT2D eigenvalue weighted by Crippen LogP contribution is -2.28. The van der Waals surface area contributed by atoms with Gasteiger partial charge in [0.1, 0.15) is 17.3 Å². The van der Waals surface area contributed by atoms with Gasteiger partial charge in [-0.05, 0) is 105 Å². The van der Waals surface area contributed by atoms with E-state index in [-0.39, 0.29) is 16.2 Å². The molecule has 3 N–H and O–H groups in total. The number of hydrogen-bond acceptors (Lipinski definition) is 6. The summed E-state index contributed by atoms with van der Waals surface area (Å²) >= 11 is 11.7. The highest BCUT2D eigenvalue weighted by Gasteiger charge is 2.21. The van der Waals surface area contributed by atoms with E-state index in [1.807, 2.05) is 36.5 Å². The Hall–Kier alpha value is -2.60. The molecule has 4 rings (SSSR count). The first-order valence-corrected chi connectivity index (χ1v) is 15.3. The van der Waals surface area contributed by atoms with Gasteiger partial charge in [-0.25, -0.2) is 9.37 Å². The largest absolute Gasteiger partial charge is 0.497 e. The van der Waals surface area contributed by atoms with E-state index < -0.39 is 5.82 Å². The van der Waals surface area contributed by atoms with Crippen LogP contribution in [0.5, 0.6) is 11.5 Å². The zero-order valence-electron chi connectivity index (χ0n) is 23.1. The second-order valence-corrected chi connectivity index (χ2v) is 11.8. The van der Waals surface area contributed by atoms with Gasteiger partial charge in [-0.2, -0.15) is 0 Å². The summed E-state index contributed by atoms with van der Waals surface area (Å²) in [5.41, 5.74) is 10.2. The number of hydrogen-bond donors (Lipinski definition) is 2. The molecular formula is C31H32BrClFIN4O2. The lowest BCUT2D eigenvalue weighted by molar-refractivity contribution is 0.414. The summed E-state index contributed by atoms with van der Waals surface area (Å²) in [5, 5.41) is 3.95. The predicted octanol–water partition coefficient (Wildman–Crippen LogP) is 7.94. The summed E-state index contributed by atoms with van der Waals surface area (Å²) in [6.45, 7) is 4.04. The second-order valence-electron chi connectivity index (χ2n) is 9.54. The number of methoxy groups -OCH3 is 2. The molecule has 1 aromatic heterocycles. The van der Waals surface area contributed by atoms with E-state index in [0.717, 1.165) is 39.6 Å². The van der Waals surface area contributed by atoms with Gasteiger partial charge < -0.3 is 25.4 Å². The third-order valence-corrected chi connectivity index (χ3v) is 9.48. The fraction of sp³-hybridized carbons (Fsp3) is 0.258. The van der Waals surface area contributed by atoms with E-state index in [1.54, 1.807) is 14.2 Å². The molecule has 0 aliphatic carbocycles. The molecule has 41 heavy (non-hydrogen) atoms. The lowest BCUT2D eigenvalue weighted by atomic mass is 10.1. The smallest absolute Gasteiger partial charge is 0.162 e. The van der Waals surface area contributed by atoms with E-state index in [0.29, 0.717) is 34.6 Å². The van der Waals surface area contributed by atoms with Crippen molar-refractivity contribution in [2.45, 2.75) is 32.5 Å². The minimum Gasteiger partial charge on any atom is -0.497 e. The Labute approximate surface area is 267 Å². The first kappa shape index (κ1) is 31.3. The number of ether oxygens (including phenoxy) is 2. The van der Waals surface area contributed by atoms with E-state index in [4.69, 9.17) is 31.8 Å². The summed E-state index contributed by atoms with van der Waals surface area (Å²) in [6, 6.07) is 20.2. The van der Waals surface area contributed by atoms with Crippen molar-refractivity contribution in [1.29, 1.82) is 0 Å². The van der Waals surface area contributed by atoms with Gasteiger partial charge in [-0.1, -0.05) is 41.9 Å². The molecule has 0 fully saturated rings. The Morgan fingerprint density at radius 2 is 1.59 bits per heavy atom. The molecule has 0 bridgehead atoms. The van der Waals surface area contributed by atoms with Gasteiger partial charge in [-0.3, -0.25) is 0 Å². The van der Waals surface area contributed by atoms with Crippen LogP contribution < -0.4 is 25.4 Å². The molecule has 1 heterocycles. The molecule has 0 aliphatic rings. The highest BCUT2D eigenvalue weighted by molar-refractivity contribution is 14.1. The molecular weight excluding hydrogens is 722 g/mol. The molecule has 3 aromatic carbocycles. The maximum Gasteiger partial charge on any atom is 0.162 e. The summed E-state index contributed by atoms with van der Waals surface area (Å²) in [4.78, 5) is 7.11. The average Bonchev–Trinajstić information content (AvgIpc) is 3.01. The minimum absolute atomic E-state index is 0.0226. The highest BCUT2D eigenvalue weighted by atomic mass is 127. The zero-order valence-corrected chi connectivity index (χ0v) is 27.6. The number of anilines is 2. The fourth-order valence-electron chi connectivity index (χ4n) is 4.57. The van der Waals surface area contributed by atoms with Crippen molar-refractivity contribution < 1.29 is 13.9 Å². The lowest BCUT2D eigenvalue weighted by Gasteiger charge is -2.28. The van der Waals surface area contributed by atoms with Crippen LogP contribution in [0.25, 0.3) is 0 Å². The Kier molecular flexibility index (Phi) is 11.1. The Bertz CT molecular complexity index is 1400. The first-order valence-electron chi connectivity index (χ1n) is 13.0. The van der Waals surface area contributed by atoms with Crippen LogP contribution in [0.2, 0.25) is 5.02 Å². The van der Waals surface area contributed by atoms with Crippen LogP contribution in [0.1, 0.15) is 35.2 Å². The highest BCUT2D eigenvalue weighted by Crippen LogP contribution is 2.37. The number of nitrogens with zero attached hydrogens (tertiary/aromatic N) is 2. The van der Waals surface area contributed by atoms with Crippen molar-refractivity contribution in [2.24, 2.45) is 0 Å². The molecule has 1 unspecified atom stereocenters. The van der Waals surface area contributed by atoms with Crippen LogP contribution in [-0.2, 0) is 19.5 Å². The predicted molar refractivity (Wildman–Crippen MR) is 176 cm³/mol. The van der Waals surface area contributed by atoms with Crippen molar-refractivity contribution in [1.82, 2.24) is 10.3 Å². The van der Waals surface area contributed by atoms with Crippen LogP contribution in [0.4, 0.5) is 15.9 Å². The molecule has 0 aliphatic heterocycles. The zero-order chi connectivity index (χ0) is 29.5. The van der Waals surface area contributed by atoms with Crippen molar-refractivity contribution in [3.63, 3.8) is 0 Å². The van der Waals surface area contributed by atoms with E-state index in [9.17, 15) is 4.39 Å². The van der Waals surface area contributed by atoms with Gasteiger partial charge in [0.05, 0.1) is 29.4 Å². The monoisotopic (exact) mass is 752 g/mol. The van der Waals surface area contributed by atoms with Gasteiger partial charge in [0.25, 0.3) is 0 Å². The normalized spacial score (nSPS) is 11.8. The van der Waals surface area contributed by atoms with E-state index in [2.05, 4.69) is 86.0 Å². The van der Waals surface area contributed by atoms with Crippen LogP contribution in [0.15, 0.2) is 71.3 Å². The molecule has 216 valence electrons. The Morgan fingerprint density at radius 3 is 2.12 bits per heavy atom.